The second-order valence-corrected chi connectivity index (χ2v) is 4.16. The van der Waals surface area contributed by atoms with E-state index in [-0.39, 0.29) is 17.0 Å². The first kappa shape index (κ1) is 12.3. The quantitative estimate of drug-likeness (QED) is 0.455. The molecule has 0 heterocycles. The molecule has 96 valence electrons. The number of esters is 1. The third-order valence-electron chi connectivity index (χ3n) is 2.76. The van der Waals surface area contributed by atoms with Gasteiger partial charge in [0, 0.05) is 6.07 Å². The van der Waals surface area contributed by atoms with Gasteiger partial charge < -0.3 is 9.47 Å². The maximum Gasteiger partial charge on any atom is 0.341 e. The van der Waals surface area contributed by atoms with Crippen molar-refractivity contribution in [1.82, 2.24) is 0 Å². The van der Waals surface area contributed by atoms with Crippen LogP contribution in [0.25, 0.3) is 0 Å². The summed E-state index contributed by atoms with van der Waals surface area (Å²) in [5.74, 6) is -0.193. The lowest BCUT2D eigenvalue weighted by atomic mass is 10.1. The molecule has 6 heteroatoms. The zero-order chi connectivity index (χ0) is 13.1. The summed E-state index contributed by atoms with van der Waals surface area (Å²) in [4.78, 5) is 21.9. The second kappa shape index (κ2) is 5.03. The molecule has 0 spiro atoms. The maximum atomic E-state index is 11.5. The Hall–Kier alpha value is -2.11. The van der Waals surface area contributed by atoms with Crippen LogP contribution in [-0.4, -0.2) is 24.6 Å². The smallest absolute Gasteiger partial charge is 0.341 e. The first-order valence-electron chi connectivity index (χ1n) is 5.62. The molecule has 18 heavy (non-hydrogen) atoms. The third kappa shape index (κ3) is 2.58. The number of hydrogen-bond acceptors (Lipinski definition) is 5. The summed E-state index contributed by atoms with van der Waals surface area (Å²) in [6, 6.07) is 4.21. The van der Waals surface area contributed by atoms with Crippen LogP contribution >= 0.6 is 0 Å². The summed E-state index contributed by atoms with van der Waals surface area (Å²) in [7, 11) is 1.23. The van der Waals surface area contributed by atoms with Crippen LogP contribution < -0.4 is 4.74 Å². The number of ether oxygens (including phenoxy) is 2. The van der Waals surface area contributed by atoms with E-state index in [9.17, 15) is 14.9 Å². The minimum absolute atomic E-state index is 0.00116. The highest BCUT2D eigenvalue weighted by Crippen LogP contribution is 2.35. The molecule has 0 radical (unpaired) electrons. The van der Waals surface area contributed by atoms with Crippen LogP contribution in [0, 0.1) is 16.0 Å². The summed E-state index contributed by atoms with van der Waals surface area (Å²) >= 11 is 0. The number of carbonyl (C=O) groups excluding carboxylic acids is 1. The molecular formula is C12H13NO5. The number of rotatable bonds is 5. The fraction of sp³-hybridized carbons (Fsp3) is 0.417. The second-order valence-electron chi connectivity index (χ2n) is 4.16. The number of carbonyl (C=O) groups is 1. The topological polar surface area (TPSA) is 78.7 Å². The molecule has 1 aliphatic rings. The van der Waals surface area contributed by atoms with Gasteiger partial charge in [0.2, 0.25) is 5.75 Å². The van der Waals surface area contributed by atoms with Crippen LogP contribution in [0.2, 0.25) is 0 Å². The number of nitrogens with zero attached hydrogens (tertiary/aromatic N) is 1. The number of hydrogen-bond donors (Lipinski definition) is 0. The van der Waals surface area contributed by atoms with E-state index in [4.69, 9.17) is 4.74 Å². The third-order valence-corrected chi connectivity index (χ3v) is 2.76. The number of benzene rings is 1. The van der Waals surface area contributed by atoms with Crippen molar-refractivity contribution in [2.24, 2.45) is 5.92 Å². The van der Waals surface area contributed by atoms with Crippen molar-refractivity contribution in [2.75, 3.05) is 13.7 Å². The Labute approximate surface area is 104 Å². The molecule has 1 aromatic rings. The Morgan fingerprint density at radius 3 is 2.78 bits per heavy atom. The zero-order valence-corrected chi connectivity index (χ0v) is 9.92. The van der Waals surface area contributed by atoms with E-state index in [0.717, 1.165) is 12.8 Å². The van der Waals surface area contributed by atoms with Crippen molar-refractivity contribution < 1.29 is 19.2 Å². The molecule has 0 bridgehead atoms. The fourth-order valence-electron chi connectivity index (χ4n) is 1.58. The molecule has 1 aliphatic carbocycles. The predicted octanol–water partition coefficient (Wildman–Crippen LogP) is 2.17. The van der Waals surface area contributed by atoms with E-state index >= 15 is 0 Å². The number of methoxy groups -OCH3 is 1. The number of nitro groups is 1. The fourth-order valence-corrected chi connectivity index (χ4v) is 1.58. The largest absolute Gasteiger partial charge is 0.486 e. The van der Waals surface area contributed by atoms with Gasteiger partial charge in [0.25, 0.3) is 0 Å². The standard InChI is InChI=1S/C12H13NO5/c1-17-12(14)9-3-2-4-10(13(15)16)11(9)18-7-8-5-6-8/h2-4,8H,5-7H2,1H3. The molecule has 0 aliphatic heterocycles. The van der Waals surface area contributed by atoms with Crippen molar-refractivity contribution >= 4 is 11.7 Å². The molecule has 0 atom stereocenters. The van der Waals surface area contributed by atoms with Gasteiger partial charge in [-0.3, -0.25) is 10.1 Å². The Kier molecular flexibility index (Phi) is 3.45. The van der Waals surface area contributed by atoms with Crippen LogP contribution in [0.4, 0.5) is 5.69 Å². The van der Waals surface area contributed by atoms with Gasteiger partial charge in [-0.25, -0.2) is 4.79 Å². The molecular weight excluding hydrogens is 238 g/mol. The Morgan fingerprint density at radius 1 is 1.50 bits per heavy atom. The first-order chi connectivity index (χ1) is 8.63. The lowest BCUT2D eigenvalue weighted by Crippen LogP contribution is -2.09. The highest BCUT2D eigenvalue weighted by Gasteiger charge is 2.27. The van der Waals surface area contributed by atoms with Crippen molar-refractivity contribution in [1.29, 1.82) is 0 Å². The molecule has 0 amide bonds. The van der Waals surface area contributed by atoms with E-state index in [1.807, 2.05) is 0 Å². The Morgan fingerprint density at radius 2 is 2.22 bits per heavy atom. The Bertz CT molecular complexity index is 481. The van der Waals surface area contributed by atoms with Crippen LogP contribution in [0.1, 0.15) is 23.2 Å². The summed E-state index contributed by atoms with van der Waals surface area (Å²) < 4.78 is 10.0. The molecule has 2 rings (SSSR count). The lowest BCUT2D eigenvalue weighted by Gasteiger charge is -2.09. The van der Waals surface area contributed by atoms with Gasteiger partial charge in [0.1, 0.15) is 5.56 Å². The van der Waals surface area contributed by atoms with E-state index < -0.39 is 10.9 Å². The summed E-state index contributed by atoms with van der Waals surface area (Å²) in [5, 5.41) is 10.9. The Balaban J connectivity index is 2.33. The van der Waals surface area contributed by atoms with Gasteiger partial charge in [-0.1, -0.05) is 6.07 Å². The van der Waals surface area contributed by atoms with Crippen LogP contribution in [0.3, 0.4) is 0 Å². The molecule has 0 saturated heterocycles. The average molecular weight is 251 g/mol. The predicted molar refractivity (Wildman–Crippen MR) is 62.7 cm³/mol. The summed E-state index contributed by atoms with van der Waals surface area (Å²) in [6.07, 6.45) is 2.13. The van der Waals surface area contributed by atoms with Crippen molar-refractivity contribution in [2.45, 2.75) is 12.8 Å². The number of nitro benzene ring substituents is 1. The van der Waals surface area contributed by atoms with Gasteiger partial charge in [-0.05, 0) is 24.8 Å². The average Bonchev–Trinajstić information content (AvgIpc) is 3.18. The molecule has 6 nitrogen and oxygen atoms in total. The molecule has 1 saturated carbocycles. The molecule has 1 fully saturated rings. The van der Waals surface area contributed by atoms with E-state index in [1.165, 1.54) is 25.3 Å². The van der Waals surface area contributed by atoms with Gasteiger partial charge in [-0.15, -0.1) is 0 Å². The van der Waals surface area contributed by atoms with Crippen molar-refractivity contribution in [3.8, 4) is 5.75 Å². The highest BCUT2D eigenvalue weighted by molar-refractivity contribution is 5.94. The molecule has 0 unspecified atom stereocenters. The monoisotopic (exact) mass is 251 g/mol. The van der Waals surface area contributed by atoms with Crippen LogP contribution in [-0.2, 0) is 4.74 Å². The van der Waals surface area contributed by atoms with Gasteiger partial charge in [0.05, 0.1) is 18.6 Å². The lowest BCUT2D eigenvalue weighted by molar-refractivity contribution is -0.385. The first-order valence-corrected chi connectivity index (χ1v) is 5.62. The van der Waals surface area contributed by atoms with Crippen molar-refractivity contribution in [3.05, 3.63) is 33.9 Å². The van der Waals surface area contributed by atoms with Gasteiger partial charge in [-0.2, -0.15) is 0 Å². The van der Waals surface area contributed by atoms with E-state index in [2.05, 4.69) is 4.74 Å². The molecule has 0 N–H and O–H groups in total. The van der Waals surface area contributed by atoms with Crippen LogP contribution in [0.5, 0.6) is 5.75 Å². The number of para-hydroxylation sites is 1. The summed E-state index contributed by atoms with van der Waals surface area (Å²) in [5.41, 5.74) is -0.120. The van der Waals surface area contributed by atoms with Gasteiger partial charge in [0.15, 0.2) is 0 Å². The molecule has 1 aromatic carbocycles. The van der Waals surface area contributed by atoms with Crippen LogP contribution in [0.15, 0.2) is 18.2 Å². The maximum absolute atomic E-state index is 11.5. The summed E-state index contributed by atoms with van der Waals surface area (Å²) in [6.45, 7) is 0.398. The van der Waals surface area contributed by atoms with E-state index in [1.54, 1.807) is 0 Å². The SMILES string of the molecule is COC(=O)c1cccc([N+](=O)[O-])c1OCC1CC1. The van der Waals surface area contributed by atoms with Gasteiger partial charge >= 0.3 is 11.7 Å². The minimum Gasteiger partial charge on any atom is -0.486 e. The van der Waals surface area contributed by atoms with Crippen molar-refractivity contribution in [3.63, 3.8) is 0 Å². The highest BCUT2D eigenvalue weighted by atomic mass is 16.6. The normalized spacial score (nSPS) is 14.1. The molecule has 0 aromatic heterocycles. The minimum atomic E-state index is -0.635. The van der Waals surface area contributed by atoms with E-state index in [0.29, 0.717) is 12.5 Å². The zero-order valence-electron chi connectivity index (χ0n) is 9.92.